The molecule has 1 aromatic carbocycles. The highest BCUT2D eigenvalue weighted by molar-refractivity contribution is 5.82. The second-order valence-corrected chi connectivity index (χ2v) is 5.38. The van der Waals surface area contributed by atoms with Crippen LogP contribution in [0.4, 0.5) is 5.69 Å². The second kappa shape index (κ2) is 7.92. The summed E-state index contributed by atoms with van der Waals surface area (Å²) in [6.07, 6.45) is 0.541. The van der Waals surface area contributed by atoms with Crippen molar-refractivity contribution >= 4 is 22.9 Å². The van der Waals surface area contributed by atoms with Crippen LogP contribution in [0.5, 0.6) is 0 Å². The van der Waals surface area contributed by atoms with E-state index in [1.807, 2.05) is 0 Å². The van der Waals surface area contributed by atoms with Gasteiger partial charge in [-0.15, -0.1) is 6.42 Å². The van der Waals surface area contributed by atoms with Crippen LogP contribution in [0, 0.1) is 12.3 Å². The van der Waals surface area contributed by atoms with Crippen molar-refractivity contribution in [2.75, 3.05) is 11.9 Å². The van der Waals surface area contributed by atoms with E-state index in [1.54, 1.807) is 12.1 Å². The average Bonchev–Trinajstić information content (AvgIpc) is 2.63. The number of hydrogen-bond donors (Lipinski definition) is 5. The summed E-state index contributed by atoms with van der Waals surface area (Å²) in [7, 11) is 0. The van der Waals surface area contributed by atoms with Crippen LogP contribution in [0.1, 0.15) is 5.56 Å². The minimum absolute atomic E-state index is 0.0792. The van der Waals surface area contributed by atoms with Gasteiger partial charge in [-0.05, 0) is 18.2 Å². The number of fused-ring (bicyclic) bond motifs is 1. The maximum Gasteiger partial charge on any atom is 0.352 e. The van der Waals surface area contributed by atoms with E-state index in [9.17, 15) is 24.9 Å². The number of benzene rings is 1. The number of aliphatic hydroxyl groups excluding tert-OH is 4. The Balaban J connectivity index is 2.27. The van der Waals surface area contributed by atoms with E-state index in [0.717, 1.165) is 0 Å². The van der Waals surface area contributed by atoms with Crippen LogP contribution in [0.3, 0.4) is 0 Å². The van der Waals surface area contributed by atoms with Crippen LogP contribution >= 0.6 is 0 Å². The number of aliphatic hydroxyl groups is 4. The van der Waals surface area contributed by atoms with Gasteiger partial charge < -0.3 is 35.0 Å². The van der Waals surface area contributed by atoms with Gasteiger partial charge in [0.2, 0.25) is 0 Å². The molecule has 0 aliphatic carbocycles. The fourth-order valence-corrected chi connectivity index (χ4v) is 2.24. The first-order valence-electron chi connectivity index (χ1n) is 7.32. The van der Waals surface area contributed by atoms with Gasteiger partial charge in [-0.3, -0.25) is 0 Å². The molecule has 0 unspecified atom stereocenters. The monoisotopic (exact) mass is 347 g/mol. The summed E-state index contributed by atoms with van der Waals surface area (Å²) in [6, 6.07) is 4.79. The fraction of sp³-hybridized carbons (Fsp3) is 0.294. The summed E-state index contributed by atoms with van der Waals surface area (Å²) < 4.78 is 5.09. The van der Waals surface area contributed by atoms with Crippen molar-refractivity contribution in [1.29, 1.82) is 0 Å². The number of hydrogen-bond acceptors (Lipinski definition) is 8. The van der Waals surface area contributed by atoms with Crippen LogP contribution < -0.4 is 10.9 Å². The van der Waals surface area contributed by atoms with Crippen molar-refractivity contribution in [1.82, 2.24) is 0 Å². The molecule has 132 valence electrons. The topological polar surface area (TPSA) is 140 Å². The van der Waals surface area contributed by atoms with Gasteiger partial charge in [-0.25, -0.2) is 4.79 Å². The average molecular weight is 347 g/mol. The number of carbonyl (C=O) groups excluding carboxylic acids is 1. The first-order chi connectivity index (χ1) is 11.9. The van der Waals surface area contributed by atoms with Crippen molar-refractivity contribution in [2.24, 2.45) is 0 Å². The van der Waals surface area contributed by atoms with Gasteiger partial charge in [0.05, 0.1) is 6.61 Å². The fourth-order valence-electron chi connectivity index (χ4n) is 2.24. The Labute approximate surface area is 142 Å². The molecule has 8 nitrogen and oxygen atoms in total. The summed E-state index contributed by atoms with van der Waals surface area (Å²) in [6.45, 7) is -0.775. The van der Waals surface area contributed by atoms with Crippen LogP contribution in [-0.2, 0) is 4.79 Å². The van der Waals surface area contributed by atoms with E-state index in [1.165, 1.54) is 12.1 Å². The smallest absolute Gasteiger partial charge is 0.352 e. The Morgan fingerprint density at radius 2 is 1.96 bits per heavy atom. The van der Waals surface area contributed by atoms with E-state index in [-0.39, 0.29) is 11.1 Å². The summed E-state index contributed by atoms with van der Waals surface area (Å²) in [5, 5.41) is 41.0. The largest absolute Gasteiger partial charge is 0.422 e. The number of carbonyl (C=O) groups is 1. The van der Waals surface area contributed by atoms with E-state index in [4.69, 9.17) is 15.9 Å². The number of terminal acetylenes is 1. The minimum atomic E-state index is -1.73. The molecule has 2 aromatic rings. The maximum absolute atomic E-state index is 11.6. The molecule has 1 aromatic heterocycles. The first-order valence-corrected chi connectivity index (χ1v) is 7.32. The lowest BCUT2D eigenvalue weighted by molar-refractivity contribution is -0.117. The van der Waals surface area contributed by atoms with Crippen molar-refractivity contribution in [3.63, 3.8) is 0 Å². The third-order valence-corrected chi connectivity index (χ3v) is 3.67. The summed E-state index contributed by atoms with van der Waals surface area (Å²) >= 11 is 0. The van der Waals surface area contributed by atoms with Crippen LogP contribution in [0.15, 0.2) is 33.5 Å². The number of nitrogens with one attached hydrogen (secondary N) is 1. The van der Waals surface area contributed by atoms with Gasteiger partial charge >= 0.3 is 5.63 Å². The normalized spacial score (nSPS) is 15.8. The molecule has 0 fully saturated rings. The Hall–Kier alpha value is -2.70. The molecule has 4 atom stereocenters. The molecule has 0 aliphatic rings. The molecule has 25 heavy (non-hydrogen) atoms. The molecule has 0 saturated carbocycles. The maximum atomic E-state index is 11.6. The van der Waals surface area contributed by atoms with Gasteiger partial charge in [0, 0.05) is 17.1 Å². The zero-order valence-electron chi connectivity index (χ0n) is 13.0. The Morgan fingerprint density at radius 1 is 1.24 bits per heavy atom. The van der Waals surface area contributed by atoms with Gasteiger partial charge in [0.15, 0.2) is 0 Å². The lowest BCUT2D eigenvalue weighted by Gasteiger charge is -2.26. The first kappa shape index (κ1) is 18.6. The molecule has 0 amide bonds. The van der Waals surface area contributed by atoms with E-state index in [2.05, 4.69) is 11.2 Å². The van der Waals surface area contributed by atoms with Gasteiger partial charge in [0.25, 0.3) is 0 Å². The number of anilines is 1. The molecular formula is C17H17NO7. The SMILES string of the molecule is C#Cc1cc2ccc(N[C@@H](C=O)[C@@H](O)[C@H](O)[C@H](O)CO)cc2oc1=O. The molecule has 2 rings (SSSR count). The Bertz CT molecular complexity index is 854. The number of rotatable bonds is 7. The summed E-state index contributed by atoms with van der Waals surface area (Å²) in [5.74, 6) is 2.21. The minimum Gasteiger partial charge on any atom is -0.422 e. The van der Waals surface area contributed by atoms with Crippen molar-refractivity contribution in [3.8, 4) is 12.3 Å². The highest BCUT2D eigenvalue weighted by Gasteiger charge is 2.31. The molecule has 0 saturated heterocycles. The zero-order valence-corrected chi connectivity index (χ0v) is 13.0. The molecule has 8 heteroatoms. The van der Waals surface area contributed by atoms with Gasteiger partial charge in [-0.2, -0.15) is 0 Å². The van der Waals surface area contributed by atoms with Crippen molar-refractivity contribution < 1.29 is 29.6 Å². The van der Waals surface area contributed by atoms with E-state index >= 15 is 0 Å². The number of aldehydes is 1. The van der Waals surface area contributed by atoms with Crippen molar-refractivity contribution in [3.05, 3.63) is 40.2 Å². The molecule has 1 heterocycles. The lowest BCUT2D eigenvalue weighted by Crippen LogP contribution is -2.49. The van der Waals surface area contributed by atoms with Gasteiger partial charge in [-0.1, -0.05) is 5.92 Å². The van der Waals surface area contributed by atoms with Crippen LogP contribution in [-0.4, -0.2) is 57.7 Å². The molecular weight excluding hydrogens is 330 g/mol. The quantitative estimate of drug-likeness (QED) is 0.240. The predicted molar refractivity (Wildman–Crippen MR) is 89.0 cm³/mol. The lowest BCUT2D eigenvalue weighted by atomic mass is 10.0. The molecule has 0 bridgehead atoms. The standard InChI is InChI=1S/C17H17NO7/c1-2-9-5-10-3-4-11(6-14(10)25-17(9)24)18-12(7-19)15(22)16(23)13(21)8-20/h1,3-7,12-13,15-16,18,20-23H,8H2/t12-,13+,15+,16+/m0/s1. The Kier molecular flexibility index (Phi) is 5.90. The van der Waals surface area contributed by atoms with E-state index in [0.29, 0.717) is 17.4 Å². The highest BCUT2D eigenvalue weighted by atomic mass is 16.4. The van der Waals surface area contributed by atoms with Crippen molar-refractivity contribution in [2.45, 2.75) is 24.4 Å². The molecule has 5 N–H and O–H groups in total. The summed E-state index contributed by atoms with van der Waals surface area (Å²) in [4.78, 5) is 22.8. The molecule has 0 spiro atoms. The van der Waals surface area contributed by atoms with Crippen LogP contribution in [0.2, 0.25) is 0 Å². The Morgan fingerprint density at radius 3 is 2.56 bits per heavy atom. The van der Waals surface area contributed by atoms with Crippen LogP contribution in [0.25, 0.3) is 11.0 Å². The third-order valence-electron chi connectivity index (χ3n) is 3.67. The summed E-state index contributed by atoms with van der Waals surface area (Å²) in [5.41, 5.74) is -0.0637. The predicted octanol–water partition coefficient (Wildman–Crippen LogP) is -1.17. The third kappa shape index (κ3) is 4.04. The van der Waals surface area contributed by atoms with Gasteiger partial charge in [0.1, 0.15) is 41.8 Å². The van der Waals surface area contributed by atoms with E-state index < -0.39 is 36.6 Å². The zero-order chi connectivity index (χ0) is 18.6. The second-order valence-electron chi connectivity index (χ2n) is 5.38. The highest BCUT2D eigenvalue weighted by Crippen LogP contribution is 2.20. The molecule has 0 aliphatic heterocycles. The molecule has 0 radical (unpaired) electrons.